The van der Waals surface area contributed by atoms with Crippen molar-refractivity contribution in [3.63, 3.8) is 0 Å². The number of alkyl halides is 3. The molecule has 0 unspecified atom stereocenters. The Morgan fingerprint density at radius 1 is 1.20 bits per heavy atom. The molecule has 35 heavy (non-hydrogen) atoms. The topological polar surface area (TPSA) is 108 Å². The summed E-state index contributed by atoms with van der Waals surface area (Å²) >= 11 is 0. The summed E-state index contributed by atoms with van der Waals surface area (Å²) in [7, 11) is 0. The van der Waals surface area contributed by atoms with Gasteiger partial charge in [-0.3, -0.25) is 9.69 Å². The summed E-state index contributed by atoms with van der Waals surface area (Å²) in [6.07, 6.45) is -3.24. The lowest BCUT2D eigenvalue weighted by atomic mass is 10.0. The summed E-state index contributed by atoms with van der Waals surface area (Å²) in [6, 6.07) is -0.527. The molecule has 3 saturated heterocycles. The number of ether oxygens (including phenoxy) is 2. The van der Waals surface area contributed by atoms with Crippen molar-refractivity contribution in [1.29, 1.82) is 0 Å². The highest BCUT2D eigenvalue weighted by molar-refractivity contribution is 5.83. The fourth-order valence-electron chi connectivity index (χ4n) is 5.20. The molecule has 0 spiro atoms. The number of nitrogens with zero attached hydrogens (tertiary/aromatic N) is 5. The van der Waals surface area contributed by atoms with Crippen molar-refractivity contribution in [2.75, 3.05) is 31.1 Å². The first-order valence-electron chi connectivity index (χ1n) is 11.6. The standard InChI is InChI=1S/C22H30F3N5O5/c1-13-16(30(20(32)33)21(2,3)35-13)12-34-17-6-9-29(18(17)31)15-4-7-28(8-5-15)19-26-10-14(11-27-19)22(23,24)25/h10-11,13,15-17H,4-9,12H2,1-3H3,(H,32,33)/t13-,16-,17-/m1/s1. The van der Waals surface area contributed by atoms with Gasteiger partial charge in [-0.15, -0.1) is 0 Å². The zero-order valence-corrected chi connectivity index (χ0v) is 19.9. The van der Waals surface area contributed by atoms with E-state index in [0.29, 0.717) is 38.9 Å². The van der Waals surface area contributed by atoms with Crippen molar-refractivity contribution in [3.8, 4) is 0 Å². The minimum Gasteiger partial charge on any atom is -0.465 e. The third kappa shape index (κ3) is 5.15. The molecule has 1 aromatic heterocycles. The molecule has 3 aliphatic heterocycles. The molecule has 0 bridgehead atoms. The predicted octanol–water partition coefficient (Wildman–Crippen LogP) is 2.59. The summed E-state index contributed by atoms with van der Waals surface area (Å²) in [5, 5.41) is 9.60. The Morgan fingerprint density at radius 2 is 1.83 bits per heavy atom. The van der Waals surface area contributed by atoms with Crippen molar-refractivity contribution in [2.24, 2.45) is 0 Å². The van der Waals surface area contributed by atoms with E-state index in [2.05, 4.69) is 9.97 Å². The normalized spacial score (nSPS) is 27.7. The smallest absolute Gasteiger partial charge is 0.419 e. The van der Waals surface area contributed by atoms with E-state index in [-0.39, 0.29) is 30.6 Å². The number of anilines is 1. The molecule has 13 heteroatoms. The number of hydrogen-bond donors (Lipinski definition) is 1. The van der Waals surface area contributed by atoms with Crippen LogP contribution in [0.3, 0.4) is 0 Å². The van der Waals surface area contributed by atoms with Crippen LogP contribution >= 0.6 is 0 Å². The molecule has 1 N–H and O–H groups in total. The zero-order chi connectivity index (χ0) is 25.5. The van der Waals surface area contributed by atoms with E-state index in [9.17, 15) is 27.9 Å². The highest BCUT2D eigenvalue weighted by atomic mass is 19.4. The summed E-state index contributed by atoms with van der Waals surface area (Å²) in [4.78, 5) is 37.3. The fraction of sp³-hybridized carbons (Fsp3) is 0.727. The molecule has 1 aromatic rings. The maximum Gasteiger partial charge on any atom is 0.419 e. The lowest BCUT2D eigenvalue weighted by Crippen LogP contribution is -2.50. The fourth-order valence-corrected chi connectivity index (χ4v) is 5.20. The van der Waals surface area contributed by atoms with E-state index >= 15 is 0 Å². The number of carbonyl (C=O) groups excluding carboxylic acids is 1. The van der Waals surface area contributed by atoms with Gasteiger partial charge in [0.05, 0.1) is 24.3 Å². The molecule has 0 aromatic carbocycles. The van der Waals surface area contributed by atoms with E-state index in [1.807, 2.05) is 4.90 Å². The molecule has 10 nitrogen and oxygen atoms in total. The number of halogens is 3. The van der Waals surface area contributed by atoms with Crippen LogP contribution in [0.2, 0.25) is 0 Å². The predicted molar refractivity (Wildman–Crippen MR) is 117 cm³/mol. The van der Waals surface area contributed by atoms with Crippen molar-refractivity contribution < 1.29 is 37.3 Å². The number of carboxylic acid groups (broad SMARTS) is 1. The molecule has 194 valence electrons. The lowest BCUT2D eigenvalue weighted by Gasteiger charge is -2.36. The Balaban J connectivity index is 1.29. The second kappa shape index (κ2) is 9.41. The average molecular weight is 502 g/mol. The summed E-state index contributed by atoms with van der Waals surface area (Å²) in [6.45, 7) is 6.79. The van der Waals surface area contributed by atoms with E-state index in [1.165, 1.54) is 4.90 Å². The van der Waals surface area contributed by atoms with Crippen LogP contribution in [0.5, 0.6) is 0 Å². The maximum absolute atomic E-state index is 13.0. The number of hydrogen-bond acceptors (Lipinski definition) is 7. The van der Waals surface area contributed by atoms with E-state index in [1.54, 1.807) is 25.7 Å². The third-order valence-electron chi connectivity index (χ3n) is 6.95. The Bertz CT molecular complexity index is 936. The molecule has 0 radical (unpaired) electrons. The van der Waals surface area contributed by atoms with Crippen LogP contribution in [0, 0.1) is 0 Å². The van der Waals surface area contributed by atoms with Crippen LogP contribution in [0.1, 0.15) is 45.6 Å². The number of rotatable bonds is 5. The van der Waals surface area contributed by atoms with Gasteiger partial charge < -0.3 is 24.4 Å². The Hall–Kier alpha value is -2.67. The number of aromatic nitrogens is 2. The Labute approximate surface area is 201 Å². The second-order valence-corrected chi connectivity index (χ2v) is 9.62. The average Bonchev–Trinajstić information content (AvgIpc) is 3.26. The molecule has 4 heterocycles. The van der Waals surface area contributed by atoms with E-state index < -0.39 is 35.7 Å². The van der Waals surface area contributed by atoms with Gasteiger partial charge in [-0.1, -0.05) is 0 Å². The summed E-state index contributed by atoms with van der Waals surface area (Å²) in [5.41, 5.74) is -1.87. The van der Waals surface area contributed by atoms with Crippen LogP contribution in [0.15, 0.2) is 12.4 Å². The molecule has 3 atom stereocenters. The van der Waals surface area contributed by atoms with Gasteiger partial charge in [0.2, 0.25) is 5.95 Å². The molecule has 0 saturated carbocycles. The number of piperidine rings is 1. The minimum atomic E-state index is -4.48. The first-order chi connectivity index (χ1) is 16.4. The van der Waals surface area contributed by atoms with Crippen LogP contribution in [0.4, 0.5) is 23.9 Å². The molecule has 3 fully saturated rings. The molecular formula is C22H30F3N5O5. The van der Waals surface area contributed by atoms with Crippen molar-refractivity contribution in [3.05, 3.63) is 18.0 Å². The maximum atomic E-state index is 13.0. The molecule has 3 aliphatic rings. The van der Waals surface area contributed by atoms with Gasteiger partial charge in [-0.25, -0.2) is 14.8 Å². The van der Waals surface area contributed by atoms with Gasteiger partial charge in [-0.05, 0) is 33.6 Å². The highest BCUT2D eigenvalue weighted by Crippen LogP contribution is 2.33. The molecular weight excluding hydrogens is 471 g/mol. The van der Waals surface area contributed by atoms with Gasteiger partial charge in [0.25, 0.3) is 5.91 Å². The summed E-state index contributed by atoms with van der Waals surface area (Å²) < 4.78 is 49.8. The number of likely N-dealkylation sites (tertiary alicyclic amines) is 1. The quantitative estimate of drug-likeness (QED) is 0.656. The van der Waals surface area contributed by atoms with Crippen LogP contribution < -0.4 is 4.90 Å². The van der Waals surface area contributed by atoms with Crippen LogP contribution in [0.25, 0.3) is 0 Å². The monoisotopic (exact) mass is 501 g/mol. The Morgan fingerprint density at radius 3 is 2.40 bits per heavy atom. The molecule has 2 amide bonds. The molecule has 0 aliphatic carbocycles. The van der Waals surface area contributed by atoms with E-state index in [4.69, 9.17) is 9.47 Å². The molecule has 4 rings (SSSR count). The first-order valence-corrected chi connectivity index (χ1v) is 11.6. The van der Waals surface area contributed by atoms with Gasteiger partial charge >= 0.3 is 12.3 Å². The first kappa shape index (κ1) is 25.4. The van der Waals surface area contributed by atoms with Gasteiger partial charge in [0, 0.05) is 44.5 Å². The van der Waals surface area contributed by atoms with Gasteiger partial charge in [0.15, 0.2) is 0 Å². The van der Waals surface area contributed by atoms with E-state index in [0.717, 1.165) is 12.4 Å². The second-order valence-electron chi connectivity index (χ2n) is 9.62. The minimum absolute atomic E-state index is 0.00927. The van der Waals surface area contributed by atoms with Crippen LogP contribution in [-0.2, 0) is 20.4 Å². The van der Waals surface area contributed by atoms with Gasteiger partial charge in [0.1, 0.15) is 11.8 Å². The number of amides is 2. The van der Waals surface area contributed by atoms with Crippen molar-refractivity contribution in [1.82, 2.24) is 19.8 Å². The highest BCUT2D eigenvalue weighted by Gasteiger charge is 2.49. The zero-order valence-electron chi connectivity index (χ0n) is 19.9. The SMILES string of the molecule is C[C@H]1OC(C)(C)N(C(=O)O)[C@@H]1CO[C@@H]1CCN(C2CCN(c3ncc(C(F)(F)F)cn3)CC2)C1=O. The summed E-state index contributed by atoms with van der Waals surface area (Å²) in [5.74, 6) is 0.117. The largest absolute Gasteiger partial charge is 0.465 e. The lowest BCUT2D eigenvalue weighted by molar-refractivity contribution is -0.140. The van der Waals surface area contributed by atoms with Gasteiger partial charge in [-0.2, -0.15) is 13.2 Å². The Kier molecular flexibility index (Phi) is 6.84. The van der Waals surface area contributed by atoms with Crippen molar-refractivity contribution >= 4 is 17.9 Å². The third-order valence-corrected chi connectivity index (χ3v) is 6.95. The van der Waals surface area contributed by atoms with Crippen molar-refractivity contribution in [2.45, 2.75) is 76.2 Å². The van der Waals surface area contributed by atoms with Crippen LogP contribution in [-0.4, -0.2) is 93.1 Å². The number of carbonyl (C=O) groups is 2.